The molecule has 2 bridgehead atoms. The number of anilines is 1. The van der Waals surface area contributed by atoms with Gasteiger partial charge in [0.1, 0.15) is 5.54 Å². The third-order valence-corrected chi connectivity index (χ3v) is 4.03. The highest BCUT2D eigenvalue weighted by Gasteiger charge is 2.88. The van der Waals surface area contributed by atoms with Gasteiger partial charge in [-0.15, -0.1) is 0 Å². The standard InChI is InChI=1S/C10H10N4O/c1-14-8-7(12-2-3-13-8)4-5-6(4)10(5,11)9(14)15/h2-6H,11H2,1H3/t4?,5-,6?,10?/m0/s1. The summed E-state index contributed by atoms with van der Waals surface area (Å²) in [5, 5.41) is 0. The zero-order valence-electron chi connectivity index (χ0n) is 8.21. The minimum absolute atomic E-state index is 0.00648. The third kappa shape index (κ3) is 0.612. The summed E-state index contributed by atoms with van der Waals surface area (Å²) in [4.78, 5) is 22.1. The largest absolute Gasteiger partial charge is 0.317 e. The number of nitrogens with zero attached hydrogens (tertiary/aromatic N) is 3. The SMILES string of the molecule is CN1C(=O)C2(N)C3C(c4nccnc41)[C@@H]32. The zero-order chi connectivity index (χ0) is 10.4. The van der Waals surface area contributed by atoms with Gasteiger partial charge in [-0.1, -0.05) is 0 Å². The van der Waals surface area contributed by atoms with Crippen LogP contribution in [0.2, 0.25) is 0 Å². The maximum atomic E-state index is 12.0. The number of carbonyl (C=O) groups excluding carboxylic acids is 1. The van der Waals surface area contributed by atoms with Crippen LogP contribution in [0.4, 0.5) is 5.82 Å². The van der Waals surface area contributed by atoms with E-state index in [1.807, 2.05) is 0 Å². The highest BCUT2D eigenvalue weighted by atomic mass is 16.2. The maximum absolute atomic E-state index is 12.0. The normalized spacial score (nSPS) is 44.3. The number of aromatic nitrogens is 2. The summed E-state index contributed by atoms with van der Waals surface area (Å²) in [6.45, 7) is 0. The molecule has 2 aliphatic carbocycles. The van der Waals surface area contributed by atoms with Crippen molar-refractivity contribution in [2.75, 3.05) is 11.9 Å². The van der Waals surface area contributed by atoms with Gasteiger partial charge in [0.05, 0.1) is 5.69 Å². The van der Waals surface area contributed by atoms with Crippen molar-refractivity contribution in [2.45, 2.75) is 11.5 Å². The number of likely N-dealkylation sites (N-methyl/N-ethyl adjacent to an activating group) is 1. The van der Waals surface area contributed by atoms with Crippen LogP contribution in [0.1, 0.15) is 11.6 Å². The molecule has 2 N–H and O–H groups in total. The molecule has 5 rings (SSSR count). The molecule has 5 nitrogen and oxygen atoms in total. The zero-order valence-corrected chi connectivity index (χ0v) is 8.21. The topological polar surface area (TPSA) is 72.1 Å². The average Bonchev–Trinajstić information content (AvgIpc) is 3.13. The van der Waals surface area contributed by atoms with Crippen LogP contribution in [0.15, 0.2) is 12.4 Å². The van der Waals surface area contributed by atoms with Gasteiger partial charge in [-0.25, -0.2) is 4.98 Å². The molecule has 2 fully saturated rings. The van der Waals surface area contributed by atoms with Crippen molar-refractivity contribution in [3.63, 3.8) is 0 Å². The number of carbonyl (C=O) groups is 1. The molecule has 1 amide bonds. The van der Waals surface area contributed by atoms with Crippen molar-refractivity contribution in [1.82, 2.24) is 9.97 Å². The first kappa shape index (κ1) is 7.76. The fourth-order valence-electron chi connectivity index (χ4n) is 3.10. The number of nitrogens with two attached hydrogens (primary N) is 1. The molecule has 5 heteroatoms. The molecule has 1 aromatic rings. The molecular formula is C10H10N4O. The predicted molar refractivity (Wildman–Crippen MR) is 52.1 cm³/mol. The minimum atomic E-state index is -0.595. The molecule has 15 heavy (non-hydrogen) atoms. The molecule has 1 aromatic heterocycles. The smallest absolute Gasteiger partial charge is 0.248 e. The lowest BCUT2D eigenvalue weighted by Crippen LogP contribution is -2.48. The predicted octanol–water partition coefficient (Wildman–Crippen LogP) is -0.506. The van der Waals surface area contributed by atoms with E-state index >= 15 is 0 Å². The lowest BCUT2D eigenvalue weighted by molar-refractivity contribution is -0.121. The number of hydrogen-bond donors (Lipinski definition) is 1. The molecule has 2 saturated carbocycles. The maximum Gasteiger partial charge on any atom is 0.248 e. The Labute approximate surface area is 86.3 Å². The van der Waals surface area contributed by atoms with Gasteiger partial charge in [0.2, 0.25) is 5.91 Å². The van der Waals surface area contributed by atoms with Crippen LogP contribution in [-0.4, -0.2) is 28.5 Å². The van der Waals surface area contributed by atoms with E-state index in [0.717, 1.165) is 5.69 Å². The number of fused-ring (bicyclic) bond motifs is 1. The van der Waals surface area contributed by atoms with Gasteiger partial charge >= 0.3 is 0 Å². The van der Waals surface area contributed by atoms with Crippen LogP contribution >= 0.6 is 0 Å². The molecule has 3 unspecified atom stereocenters. The minimum Gasteiger partial charge on any atom is -0.317 e. The van der Waals surface area contributed by atoms with Crippen LogP contribution in [0.25, 0.3) is 0 Å². The van der Waals surface area contributed by atoms with E-state index in [1.54, 1.807) is 24.3 Å². The molecule has 0 saturated heterocycles. The summed E-state index contributed by atoms with van der Waals surface area (Å²) in [6.07, 6.45) is 3.29. The van der Waals surface area contributed by atoms with Gasteiger partial charge in [0.15, 0.2) is 5.82 Å². The second-order valence-corrected chi connectivity index (χ2v) is 4.64. The average molecular weight is 202 g/mol. The Balaban J connectivity index is 1.95. The van der Waals surface area contributed by atoms with Gasteiger partial charge in [0.25, 0.3) is 0 Å². The first-order valence-corrected chi connectivity index (χ1v) is 5.05. The molecule has 4 atom stereocenters. The number of rotatable bonds is 0. The van der Waals surface area contributed by atoms with E-state index in [9.17, 15) is 4.79 Å². The molecule has 2 aliphatic heterocycles. The van der Waals surface area contributed by atoms with Crippen LogP contribution in [-0.2, 0) is 4.79 Å². The molecule has 76 valence electrons. The molecule has 0 radical (unpaired) electrons. The van der Waals surface area contributed by atoms with Gasteiger partial charge in [0, 0.05) is 37.2 Å². The van der Waals surface area contributed by atoms with E-state index < -0.39 is 5.54 Å². The van der Waals surface area contributed by atoms with Crippen molar-refractivity contribution < 1.29 is 4.79 Å². The van der Waals surface area contributed by atoms with Crippen LogP contribution < -0.4 is 10.6 Å². The number of amides is 1. The lowest BCUT2D eigenvalue weighted by Gasteiger charge is -2.20. The van der Waals surface area contributed by atoms with E-state index in [2.05, 4.69) is 9.97 Å². The summed E-state index contributed by atoms with van der Waals surface area (Å²) < 4.78 is 0. The monoisotopic (exact) mass is 202 g/mol. The van der Waals surface area contributed by atoms with Crippen molar-refractivity contribution in [3.05, 3.63) is 18.1 Å². The van der Waals surface area contributed by atoms with Crippen LogP contribution in [0.5, 0.6) is 0 Å². The van der Waals surface area contributed by atoms with Crippen molar-refractivity contribution in [3.8, 4) is 0 Å². The van der Waals surface area contributed by atoms with Gasteiger partial charge in [-0.2, -0.15) is 0 Å². The molecule has 0 spiro atoms. The first-order valence-electron chi connectivity index (χ1n) is 5.05. The van der Waals surface area contributed by atoms with E-state index in [0.29, 0.717) is 23.6 Å². The van der Waals surface area contributed by atoms with Gasteiger partial charge < -0.3 is 5.73 Å². The Morgan fingerprint density at radius 2 is 2.07 bits per heavy atom. The second-order valence-electron chi connectivity index (χ2n) is 4.64. The molecule has 0 aromatic carbocycles. The van der Waals surface area contributed by atoms with E-state index in [4.69, 9.17) is 5.73 Å². The van der Waals surface area contributed by atoms with Crippen LogP contribution in [0, 0.1) is 11.8 Å². The summed E-state index contributed by atoms with van der Waals surface area (Å²) in [5.74, 6) is 1.71. The Hall–Kier alpha value is -1.49. The molecule has 4 aliphatic rings. The van der Waals surface area contributed by atoms with Gasteiger partial charge in [-0.05, 0) is 0 Å². The van der Waals surface area contributed by atoms with E-state index in [1.165, 1.54) is 0 Å². The third-order valence-electron chi connectivity index (χ3n) is 4.03. The van der Waals surface area contributed by atoms with Crippen LogP contribution in [0.3, 0.4) is 0 Å². The van der Waals surface area contributed by atoms with Gasteiger partial charge in [-0.3, -0.25) is 14.7 Å². The Morgan fingerprint density at radius 1 is 1.40 bits per heavy atom. The summed E-state index contributed by atoms with van der Waals surface area (Å²) in [5.41, 5.74) is 6.40. The van der Waals surface area contributed by atoms with E-state index in [-0.39, 0.29) is 5.91 Å². The van der Waals surface area contributed by atoms with Crippen molar-refractivity contribution >= 4 is 11.7 Å². The Bertz CT molecular complexity index is 490. The highest BCUT2D eigenvalue weighted by Crippen LogP contribution is 2.80. The summed E-state index contributed by atoms with van der Waals surface area (Å²) in [7, 11) is 1.73. The highest BCUT2D eigenvalue weighted by molar-refractivity contribution is 6.06. The fourth-order valence-corrected chi connectivity index (χ4v) is 3.10. The Morgan fingerprint density at radius 3 is 2.80 bits per heavy atom. The first-order chi connectivity index (χ1) is 7.17. The fraction of sp³-hybridized carbons (Fsp3) is 0.500. The number of hydrogen-bond acceptors (Lipinski definition) is 4. The summed E-state index contributed by atoms with van der Waals surface area (Å²) in [6, 6.07) is 0. The van der Waals surface area contributed by atoms with Crippen molar-refractivity contribution in [1.29, 1.82) is 0 Å². The quantitative estimate of drug-likeness (QED) is 0.615. The molecule has 3 heterocycles. The Kier molecular flexibility index (Phi) is 0.984. The molecular weight excluding hydrogens is 192 g/mol. The second kappa shape index (κ2) is 1.90. The lowest BCUT2D eigenvalue weighted by atomic mass is 9.97. The summed E-state index contributed by atoms with van der Waals surface area (Å²) >= 11 is 0. The van der Waals surface area contributed by atoms with Crippen molar-refractivity contribution in [2.24, 2.45) is 17.6 Å².